The number of nitrogens with two attached hydrogens (primary N) is 1. The molecule has 2 atom stereocenters. The van der Waals surface area contributed by atoms with Gasteiger partial charge in [0.2, 0.25) is 0 Å². The van der Waals surface area contributed by atoms with Crippen molar-refractivity contribution in [3.8, 4) is 0 Å². The zero-order chi connectivity index (χ0) is 13.4. The van der Waals surface area contributed by atoms with Gasteiger partial charge < -0.3 is 10.5 Å². The Kier molecular flexibility index (Phi) is 7.16. The monoisotopic (exact) mass is 269 g/mol. The van der Waals surface area contributed by atoms with E-state index in [9.17, 15) is 4.21 Å². The zero-order valence-corrected chi connectivity index (χ0v) is 12.0. The maximum atomic E-state index is 11.8. The van der Waals surface area contributed by atoms with E-state index in [2.05, 4.69) is 19.1 Å². The first-order valence-corrected chi connectivity index (χ1v) is 7.84. The second-order valence-corrected chi connectivity index (χ2v) is 5.98. The van der Waals surface area contributed by atoms with Crippen LogP contribution in [0.5, 0.6) is 0 Å². The van der Waals surface area contributed by atoms with E-state index in [0.29, 0.717) is 18.1 Å². The van der Waals surface area contributed by atoms with Crippen molar-refractivity contribution in [1.29, 1.82) is 0 Å². The SMILES string of the molecule is CCc1ccc(C(N)CS(=O)CCCOC)cc1. The van der Waals surface area contributed by atoms with Crippen LogP contribution in [0.2, 0.25) is 0 Å². The van der Waals surface area contributed by atoms with Crippen LogP contribution >= 0.6 is 0 Å². The minimum Gasteiger partial charge on any atom is -0.385 e. The Morgan fingerprint density at radius 2 is 2.00 bits per heavy atom. The van der Waals surface area contributed by atoms with Crippen LogP contribution in [0.25, 0.3) is 0 Å². The Labute approximate surface area is 112 Å². The van der Waals surface area contributed by atoms with Crippen molar-refractivity contribution >= 4 is 10.8 Å². The lowest BCUT2D eigenvalue weighted by Crippen LogP contribution is -2.20. The van der Waals surface area contributed by atoms with Crippen molar-refractivity contribution in [3.63, 3.8) is 0 Å². The Morgan fingerprint density at radius 3 is 2.56 bits per heavy atom. The molecule has 0 amide bonds. The van der Waals surface area contributed by atoms with Crippen LogP contribution in [0.15, 0.2) is 24.3 Å². The van der Waals surface area contributed by atoms with Gasteiger partial charge in [-0.1, -0.05) is 31.2 Å². The highest BCUT2D eigenvalue weighted by Gasteiger charge is 2.10. The summed E-state index contributed by atoms with van der Waals surface area (Å²) in [6.07, 6.45) is 1.85. The summed E-state index contributed by atoms with van der Waals surface area (Å²) in [6.45, 7) is 2.78. The van der Waals surface area contributed by atoms with Crippen LogP contribution in [0.3, 0.4) is 0 Å². The quantitative estimate of drug-likeness (QED) is 0.735. The highest BCUT2D eigenvalue weighted by Crippen LogP contribution is 2.13. The molecule has 0 radical (unpaired) electrons. The van der Waals surface area contributed by atoms with Crippen molar-refractivity contribution in [2.24, 2.45) is 5.73 Å². The van der Waals surface area contributed by atoms with E-state index in [1.54, 1.807) is 7.11 Å². The summed E-state index contributed by atoms with van der Waals surface area (Å²) in [5, 5.41) is 0. The highest BCUT2D eigenvalue weighted by atomic mass is 32.2. The van der Waals surface area contributed by atoms with Crippen LogP contribution in [-0.2, 0) is 22.0 Å². The Balaban J connectivity index is 2.43. The van der Waals surface area contributed by atoms with Crippen LogP contribution in [-0.4, -0.2) is 29.4 Å². The van der Waals surface area contributed by atoms with E-state index < -0.39 is 10.8 Å². The second-order valence-electron chi connectivity index (χ2n) is 4.36. The van der Waals surface area contributed by atoms with Crippen molar-refractivity contribution in [2.45, 2.75) is 25.8 Å². The number of ether oxygens (including phenoxy) is 1. The van der Waals surface area contributed by atoms with Gasteiger partial charge in [-0.3, -0.25) is 4.21 Å². The number of hydrogen-bond acceptors (Lipinski definition) is 3. The summed E-state index contributed by atoms with van der Waals surface area (Å²) in [4.78, 5) is 0. The van der Waals surface area contributed by atoms with Crippen LogP contribution in [0.1, 0.15) is 30.5 Å². The molecule has 0 heterocycles. The molecule has 0 spiro atoms. The third-order valence-electron chi connectivity index (χ3n) is 2.90. The van der Waals surface area contributed by atoms with E-state index in [1.165, 1.54) is 5.56 Å². The van der Waals surface area contributed by atoms with Gasteiger partial charge in [-0.25, -0.2) is 0 Å². The van der Waals surface area contributed by atoms with E-state index >= 15 is 0 Å². The van der Waals surface area contributed by atoms with Crippen molar-refractivity contribution in [1.82, 2.24) is 0 Å². The molecule has 0 aliphatic rings. The molecule has 3 nitrogen and oxygen atoms in total. The molecule has 1 aromatic carbocycles. The molecule has 0 bridgehead atoms. The molecule has 4 heteroatoms. The first kappa shape index (κ1) is 15.3. The predicted molar refractivity (Wildman–Crippen MR) is 77.1 cm³/mol. The van der Waals surface area contributed by atoms with Gasteiger partial charge in [-0.15, -0.1) is 0 Å². The molecule has 18 heavy (non-hydrogen) atoms. The molecule has 2 N–H and O–H groups in total. The Bertz CT molecular complexity index is 365. The molecular weight excluding hydrogens is 246 g/mol. The molecule has 0 aliphatic carbocycles. The van der Waals surface area contributed by atoms with Gasteiger partial charge in [0.1, 0.15) is 0 Å². The number of benzene rings is 1. The average Bonchev–Trinajstić information content (AvgIpc) is 2.39. The third kappa shape index (κ3) is 5.29. The van der Waals surface area contributed by atoms with Crippen LogP contribution in [0, 0.1) is 0 Å². The minimum absolute atomic E-state index is 0.140. The van der Waals surface area contributed by atoms with Gasteiger partial charge >= 0.3 is 0 Å². The topological polar surface area (TPSA) is 52.3 Å². The lowest BCUT2D eigenvalue weighted by Gasteiger charge is -2.12. The van der Waals surface area contributed by atoms with E-state index in [1.807, 2.05) is 12.1 Å². The summed E-state index contributed by atoms with van der Waals surface area (Å²) in [6, 6.07) is 8.11. The van der Waals surface area contributed by atoms with Gasteiger partial charge in [0.15, 0.2) is 0 Å². The fourth-order valence-electron chi connectivity index (χ4n) is 1.74. The summed E-state index contributed by atoms with van der Waals surface area (Å²) >= 11 is 0. The van der Waals surface area contributed by atoms with Crippen molar-refractivity contribution in [2.75, 3.05) is 25.2 Å². The molecule has 0 fully saturated rings. The molecule has 0 saturated carbocycles. The molecule has 102 valence electrons. The van der Waals surface area contributed by atoms with E-state index in [4.69, 9.17) is 10.5 Å². The zero-order valence-electron chi connectivity index (χ0n) is 11.2. The number of methoxy groups -OCH3 is 1. The van der Waals surface area contributed by atoms with Gasteiger partial charge in [0.25, 0.3) is 0 Å². The maximum absolute atomic E-state index is 11.8. The highest BCUT2D eigenvalue weighted by molar-refractivity contribution is 7.85. The first-order valence-electron chi connectivity index (χ1n) is 6.35. The molecule has 0 saturated heterocycles. The lowest BCUT2D eigenvalue weighted by molar-refractivity contribution is 0.200. The molecule has 2 unspecified atom stereocenters. The number of rotatable bonds is 8. The first-order chi connectivity index (χ1) is 8.67. The van der Waals surface area contributed by atoms with Crippen LogP contribution < -0.4 is 5.73 Å². The normalized spacial score (nSPS) is 14.4. The van der Waals surface area contributed by atoms with Gasteiger partial charge in [-0.2, -0.15) is 0 Å². The summed E-state index contributed by atoms with van der Waals surface area (Å²) in [5.41, 5.74) is 8.43. The Morgan fingerprint density at radius 1 is 1.33 bits per heavy atom. The summed E-state index contributed by atoms with van der Waals surface area (Å²) < 4.78 is 16.7. The number of hydrogen-bond donors (Lipinski definition) is 1. The minimum atomic E-state index is -0.864. The molecule has 1 rings (SSSR count). The fraction of sp³-hybridized carbons (Fsp3) is 0.571. The smallest absolute Gasteiger partial charge is 0.0471 e. The van der Waals surface area contributed by atoms with Gasteiger partial charge in [-0.05, 0) is 24.0 Å². The molecule has 1 aromatic rings. The van der Waals surface area contributed by atoms with Crippen molar-refractivity contribution < 1.29 is 8.95 Å². The number of aryl methyl sites for hydroxylation is 1. The molecular formula is C14H23NO2S. The predicted octanol–water partition coefficient (Wildman–Crippen LogP) is 2.03. The van der Waals surface area contributed by atoms with Gasteiger partial charge in [0.05, 0.1) is 0 Å². The largest absolute Gasteiger partial charge is 0.385 e. The van der Waals surface area contributed by atoms with E-state index in [0.717, 1.165) is 18.4 Å². The average molecular weight is 269 g/mol. The maximum Gasteiger partial charge on any atom is 0.0471 e. The summed E-state index contributed by atoms with van der Waals surface area (Å²) in [5.74, 6) is 1.18. The molecule has 0 aliphatic heterocycles. The Hall–Kier alpha value is -0.710. The van der Waals surface area contributed by atoms with Gasteiger partial charge in [0, 0.05) is 42.1 Å². The molecule has 0 aromatic heterocycles. The summed E-state index contributed by atoms with van der Waals surface area (Å²) in [7, 11) is 0.792. The van der Waals surface area contributed by atoms with Crippen molar-refractivity contribution in [3.05, 3.63) is 35.4 Å². The third-order valence-corrected chi connectivity index (χ3v) is 4.38. The van der Waals surface area contributed by atoms with E-state index in [-0.39, 0.29) is 6.04 Å². The second kappa shape index (κ2) is 8.40. The van der Waals surface area contributed by atoms with Crippen LogP contribution in [0.4, 0.5) is 0 Å². The standard InChI is InChI=1S/C14H23NO2S/c1-3-12-5-7-13(8-6-12)14(15)11-18(16)10-4-9-17-2/h5-8,14H,3-4,9-11,15H2,1-2H3. The lowest BCUT2D eigenvalue weighted by atomic mass is 10.1. The fourth-order valence-corrected chi connectivity index (χ4v) is 2.94.